The quantitative estimate of drug-likeness (QED) is 0.409. The number of carbonyl (C=O) groups is 3. The summed E-state index contributed by atoms with van der Waals surface area (Å²) in [6.07, 6.45) is 1.56. The van der Waals surface area contributed by atoms with Crippen LogP contribution in [0.2, 0.25) is 0 Å². The Morgan fingerprint density at radius 3 is 2.47 bits per heavy atom. The van der Waals surface area contributed by atoms with Gasteiger partial charge < -0.3 is 9.15 Å². The number of amides is 2. The molecule has 0 aliphatic carbocycles. The number of furan rings is 1. The van der Waals surface area contributed by atoms with E-state index in [0.717, 1.165) is 22.2 Å². The van der Waals surface area contributed by atoms with E-state index in [1.807, 2.05) is 6.07 Å². The van der Waals surface area contributed by atoms with Gasteiger partial charge in [0.2, 0.25) is 0 Å². The summed E-state index contributed by atoms with van der Waals surface area (Å²) in [5, 5.41) is -0.348. The van der Waals surface area contributed by atoms with Crippen LogP contribution in [0.5, 0.6) is 0 Å². The van der Waals surface area contributed by atoms with Gasteiger partial charge in [-0.3, -0.25) is 9.59 Å². The molecule has 30 heavy (non-hydrogen) atoms. The highest BCUT2D eigenvalue weighted by atomic mass is 32.2. The van der Waals surface area contributed by atoms with E-state index in [-0.39, 0.29) is 17.1 Å². The van der Waals surface area contributed by atoms with Crippen LogP contribution >= 0.6 is 11.8 Å². The summed E-state index contributed by atoms with van der Waals surface area (Å²) in [7, 11) is 0. The average Bonchev–Trinajstić information content (AvgIpc) is 3.33. The fraction of sp³-hybridized carbons (Fsp3) is 0.0870. The Morgan fingerprint density at radius 1 is 1.03 bits per heavy atom. The van der Waals surface area contributed by atoms with Crippen LogP contribution in [0.3, 0.4) is 0 Å². The van der Waals surface area contributed by atoms with Gasteiger partial charge in [-0.15, -0.1) is 0 Å². The van der Waals surface area contributed by atoms with Gasteiger partial charge in [-0.05, 0) is 55.1 Å². The maximum absolute atomic E-state index is 12.7. The molecular formula is C23H17NO5S. The number of rotatable bonds is 5. The highest BCUT2D eigenvalue weighted by molar-refractivity contribution is 8.19. The topological polar surface area (TPSA) is 76.8 Å². The Balaban J connectivity index is 1.53. The van der Waals surface area contributed by atoms with Crippen LogP contribution in [0, 0.1) is 0 Å². The molecule has 0 radical (unpaired) electrons. The number of hydrogen-bond donors (Lipinski definition) is 0. The molecule has 6 nitrogen and oxygen atoms in total. The monoisotopic (exact) mass is 419 g/mol. The molecule has 1 saturated heterocycles. The predicted octanol–water partition coefficient (Wildman–Crippen LogP) is 5.36. The molecule has 1 fully saturated rings. The summed E-state index contributed by atoms with van der Waals surface area (Å²) in [5.41, 5.74) is 1.77. The average molecular weight is 419 g/mol. The zero-order chi connectivity index (χ0) is 21.1. The van der Waals surface area contributed by atoms with Gasteiger partial charge >= 0.3 is 5.97 Å². The fourth-order valence-electron chi connectivity index (χ4n) is 2.97. The Morgan fingerprint density at radius 2 is 1.77 bits per heavy atom. The van der Waals surface area contributed by atoms with Crippen LogP contribution in [0.4, 0.5) is 10.5 Å². The van der Waals surface area contributed by atoms with Gasteiger partial charge in [0.15, 0.2) is 0 Å². The largest absolute Gasteiger partial charge is 0.462 e. The van der Waals surface area contributed by atoms with Crippen LogP contribution in [0.25, 0.3) is 17.4 Å². The van der Waals surface area contributed by atoms with Crippen molar-refractivity contribution in [1.29, 1.82) is 0 Å². The molecule has 0 saturated carbocycles. The Kier molecular flexibility index (Phi) is 5.54. The molecule has 150 valence electrons. The second-order valence-electron chi connectivity index (χ2n) is 6.35. The van der Waals surface area contributed by atoms with E-state index in [0.29, 0.717) is 34.3 Å². The Bertz CT molecular complexity index is 1130. The van der Waals surface area contributed by atoms with E-state index in [4.69, 9.17) is 9.15 Å². The zero-order valence-electron chi connectivity index (χ0n) is 16.0. The molecule has 0 bridgehead atoms. The standard InChI is InChI=1S/C23H17NO5S/c1-2-28-22(26)16-10-8-15(9-11-16)19-13-12-18(29-19)14-20-21(25)24(23(27)30-20)17-6-4-3-5-7-17/h3-14H,2H2,1H3/b20-14+. The number of para-hydroxylation sites is 1. The molecule has 2 heterocycles. The van der Waals surface area contributed by atoms with Crippen molar-refractivity contribution in [2.24, 2.45) is 0 Å². The van der Waals surface area contributed by atoms with Gasteiger partial charge in [-0.25, -0.2) is 9.69 Å². The molecule has 0 atom stereocenters. The van der Waals surface area contributed by atoms with E-state index >= 15 is 0 Å². The van der Waals surface area contributed by atoms with E-state index < -0.39 is 0 Å². The maximum atomic E-state index is 12.7. The molecule has 3 aromatic rings. The number of carbonyl (C=O) groups excluding carboxylic acids is 3. The fourth-order valence-corrected chi connectivity index (χ4v) is 3.79. The molecule has 0 unspecified atom stereocenters. The van der Waals surface area contributed by atoms with Crippen molar-refractivity contribution >= 4 is 40.6 Å². The van der Waals surface area contributed by atoms with Crippen LogP contribution in [-0.4, -0.2) is 23.7 Å². The molecule has 2 aromatic carbocycles. The van der Waals surface area contributed by atoms with Crippen LogP contribution < -0.4 is 4.90 Å². The van der Waals surface area contributed by atoms with Crippen molar-refractivity contribution in [3.05, 3.63) is 83.0 Å². The normalized spacial score (nSPS) is 15.1. The second kappa shape index (κ2) is 8.42. The number of hydrogen-bond acceptors (Lipinski definition) is 6. The summed E-state index contributed by atoms with van der Waals surface area (Å²) >= 11 is 0.873. The lowest BCUT2D eigenvalue weighted by Gasteiger charge is -2.11. The molecule has 1 aliphatic rings. The first-order valence-electron chi connectivity index (χ1n) is 9.27. The molecule has 4 rings (SSSR count). The SMILES string of the molecule is CCOC(=O)c1ccc(-c2ccc(/C=C3/SC(=O)N(c4ccccc4)C3=O)o2)cc1. The van der Waals surface area contributed by atoms with E-state index in [1.54, 1.807) is 73.7 Å². The first kappa shape index (κ1) is 19.7. The number of imide groups is 1. The zero-order valence-corrected chi connectivity index (χ0v) is 16.8. The van der Waals surface area contributed by atoms with Gasteiger partial charge in [-0.2, -0.15) is 0 Å². The van der Waals surface area contributed by atoms with E-state index in [2.05, 4.69) is 0 Å². The molecular weight excluding hydrogens is 402 g/mol. The van der Waals surface area contributed by atoms with Crippen molar-refractivity contribution < 1.29 is 23.5 Å². The lowest BCUT2D eigenvalue weighted by molar-refractivity contribution is -0.113. The molecule has 2 amide bonds. The summed E-state index contributed by atoms with van der Waals surface area (Å²) in [4.78, 5) is 38.2. The lowest BCUT2D eigenvalue weighted by Crippen LogP contribution is -2.27. The number of esters is 1. The number of nitrogens with zero attached hydrogens (tertiary/aromatic N) is 1. The van der Waals surface area contributed by atoms with E-state index in [1.165, 1.54) is 0 Å². The first-order valence-corrected chi connectivity index (χ1v) is 10.1. The number of thioether (sulfide) groups is 1. The highest BCUT2D eigenvalue weighted by Crippen LogP contribution is 2.36. The van der Waals surface area contributed by atoms with E-state index in [9.17, 15) is 14.4 Å². The third-order valence-corrected chi connectivity index (χ3v) is 5.26. The minimum Gasteiger partial charge on any atom is -0.462 e. The smallest absolute Gasteiger partial charge is 0.338 e. The van der Waals surface area contributed by atoms with Crippen molar-refractivity contribution in [2.75, 3.05) is 11.5 Å². The Labute approximate surface area is 177 Å². The summed E-state index contributed by atoms with van der Waals surface area (Å²) < 4.78 is 10.8. The summed E-state index contributed by atoms with van der Waals surface area (Å²) in [6.45, 7) is 2.07. The molecule has 1 aromatic heterocycles. The van der Waals surface area contributed by atoms with Crippen LogP contribution in [0.15, 0.2) is 76.1 Å². The van der Waals surface area contributed by atoms with Gasteiger partial charge in [0.25, 0.3) is 11.1 Å². The van der Waals surface area contributed by atoms with Crippen molar-refractivity contribution in [1.82, 2.24) is 0 Å². The van der Waals surface area contributed by atoms with Crippen molar-refractivity contribution in [3.8, 4) is 11.3 Å². The van der Waals surface area contributed by atoms with Gasteiger partial charge in [0.05, 0.1) is 22.8 Å². The second-order valence-corrected chi connectivity index (χ2v) is 7.35. The molecule has 0 N–H and O–H groups in total. The number of benzene rings is 2. The highest BCUT2D eigenvalue weighted by Gasteiger charge is 2.36. The first-order chi connectivity index (χ1) is 14.6. The molecule has 7 heteroatoms. The maximum Gasteiger partial charge on any atom is 0.338 e. The third kappa shape index (κ3) is 3.92. The molecule has 1 aliphatic heterocycles. The number of anilines is 1. The van der Waals surface area contributed by atoms with Crippen LogP contribution in [0.1, 0.15) is 23.0 Å². The van der Waals surface area contributed by atoms with Crippen molar-refractivity contribution in [3.63, 3.8) is 0 Å². The van der Waals surface area contributed by atoms with Gasteiger partial charge in [0.1, 0.15) is 11.5 Å². The van der Waals surface area contributed by atoms with Crippen LogP contribution in [-0.2, 0) is 9.53 Å². The van der Waals surface area contributed by atoms with Gasteiger partial charge in [-0.1, -0.05) is 30.3 Å². The van der Waals surface area contributed by atoms with Crippen molar-refractivity contribution in [2.45, 2.75) is 6.92 Å². The van der Waals surface area contributed by atoms with Gasteiger partial charge in [0, 0.05) is 11.6 Å². The third-order valence-electron chi connectivity index (χ3n) is 4.39. The summed E-state index contributed by atoms with van der Waals surface area (Å²) in [6, 6.07) is 19.1. The molecule has 0 spiro atoms. The number of ether oxygens (including phenoxy) is 1. The summed E-state index contributed by atoms with van der Waals surface area (Å²) in [5.74, 6) is 0.281. The minimum atomic E-state index is -0.382. The predicted molar refractivity (Wildman–Crippen MR) is 115 cm³/mol. The minimum absolute atomic E-state index is 0.294. The Hall–Kier alpha value is -3.58. The lowest BCUT2D eigenvalue weighted by atomic mass is 10.1.